The van der Waals surface area contributed by atoms with Crippen molar-refractivity contribution in [2.75, 3.05) is 31.1 Å². The van der Waals surface area contributed by atoms with Gasteiger partial charge in [0.2, 0.25) is 35.2 Å². The number of carbonyl (C=O) groups is 10. The molecular weight excluding hydrogens is 1390 g/mol. The van der Waals surface area contributed by atoms with Gasteiger partial charge in [-0.15, -0.1) is 18.9 Å². The fraction of sp³-hybridized carbons (Fsp3) is 0.825. The Bertz CT molecular complexity index is 3650. The summed E-state index contributed by atoms with van der Waals surface area (Å²) in [6, 6.07) is -8.56. The first-order valence-corrected chi connectivity index (χ1v) is 43.5. The van der Waals surface area contributed by atoms with Crippen LogP contribution in [0.25, 0.3) is 0 Å². The van der Waals surface area contributed by atoms with Crippen LogP contribution >= 0.6 is 0 Å². The number of fused-ring (bicyclic) bond motifs is 2. The monoisotopic (exact) mass is 1510 g/mol. The average molecular weight is 1520 g/mol. The Hall–Kier alpha value is -6.10. The number of piperidine rings is 2. The lowest BCUT2D eigenvalue weighted by atomic mass is 9.70. The van der Waals surface area contributed by atoms with Crippen LogP contribution < -0.4 is 42.5 Å². The molecule has 0 radical (unpaired) electrons. The van der Waals surface area contributed by atoms with Crippen molar-refractivity contribution in [3.8, 4) is 12.3 Å². The Morgan fingerprint density at radius 2 is 0.981 bits per heavy atom. The van der Waals surface area contributed by atoms with E-state index in [0.29, 0.717) is 77.0 Å². The maximum atomic E-state index is 15.5. The van der Waals surface area contributed by atoms with Crippen LogP contribution in [0.15, 0.2) is 12.7 Å². The molecule has 10 fully saturated rings. The molecule has 10 rings (SSSR count). The largest absolute Gasteiger partial charge is 0.346 e. The number of nitrogens with zero attached hydrogens (tertiary/aromatic N) is 2. The molecule has 2 heterocycles. The number of hydrogen-bond acceptors (Lipinski definition) is 14. The van der Waals surface area contributed by atoms with Gasteiger partial charge in [0.05, 0.1) is 44.2 Å². The van der Waals surface area contributed by atoms with Gasteiger partial charge in [-0.3, -0.25) is 38.4 Å². The molecule has 8 unspecified atom stereocenters. The average Bonchev–Trinajstić information content (AvgIpc) is 1.53. The van der Waals surface area contributed by atoms with E-state index >= 15 is 22.8 Å². The zero-order valence-corrected chi connectivity index (χ0v) is 67.0. The molecule has 8 saturated carbocycles. The van der Waals surface area contributed by atoms with E-state index in [0.717, 1.165) is 83.5 Å². The number of urea groups is 2. The third kappa shape index (κ3) is 17.4. The number of likely N-dealkylation sites (tertiary alicyclic amines) is 2. The fourth-order valence-electron chi connectivity index (χ4n) is 20.1. The van der Waals surface area contributed by atoms with Crippen LogP contribution in [0.3, 0.4) is 0 Å². The van der Waals surface area contributed by atoms with Crippen molar-refractivity contribution in [3.63, 3.8) is 0 Å². The molecule has 10 aliphatic rings. The summed E-state index contributed by atoms with van der Waals surface area (Å²) in [7, 11) is -7.75. The SMILES string of the molecule is C#CCCC(NC(=O)[C@@H]1C2C(CN1C(=O)[C@@H](NC(=O)NC1(CS(=O)(=O)C(C)(C)CC3CC3NC(=O)C(=O)C(CC3CCC3)NC(=O)[C@@H]3C4C(CN3C(=O)[C@@H](NC(=O)NC3(CS(=O)(=O)C(C)(C)CC)CCCCC3)C3(C)CCCCC3)C4(C)C)CCCCC1)C1(C)CCCCC1)C2(C)C)C(=O)C(=O)NCC=C. The number of amides is 10. The van der Waals surface area contributed by atoms with Crippen molar-refractivity contribution in [1.29, 1.82) is 0 Å². The summed E-state index contributed by atoms with van der Waals surface area (Å²) in [4.78, 5) is 149. The van der Waals surface area contributed by atoms with Crippen molar-refractivity contribution >= 4 is 78.7 Å². The quantitative estimate of drug-likeness (QED) is 0.0178. The highest BCUT2D eigenvalue weighted by Gasteiger charge is 2.72. The molecule has 2 saturated heterocycles. The normalized spacial score (nSPS) is 28.4. The number of sulfone groups is 2. The molecule has 10 amide bonds. The van der Waals surface area contributed by atoms with Crippen molar-refractivity contribution < 1.29 is 64.8 Å². The first-order chi connectivity index (χ1) is 49.7. The Kier molecular flexibility index (Phi) is 24.6. The van der Waals surface area contributed by atoms with Crippen molar-refractivity contribution in [2.45, 2.75) is 325 Å². The maximum Gasteiger partial charge on any atom is 0.315 e. The Balaban J connectivity index is 0.795. The van der Waals surface area contributed by atoms with Gasteiger partial charge in [0, 0.05) is 32.1 Å². The molecule has 0 aromatic heterocycles. The van der Waals surface area contributed by atoms with Gasteiger partial charge in [0.25, 0.3) is 11.8 Å². The van der Waals surface area contributed by atoms with Crippen molar-refractivity contribution in [3.05, 3.63) is 12.7 Å². The highest BCUT2D eigenvalue weighted by molar-refractivity contribution is 7.93. The molecule has 24 nitrogen and oxygen atoms in total. The Morgan fingerprint density at radius 1 is 0.566 bits per heavy atom. The number of hydrogen-bond donors (Lipinski definition) is 8. The molecular formula is C80H126N10O14S2. The molecule has 8 N–H and O–H groups in total. The van der Waals surface area contributed by atoms with E-state index < -0.39 is 158 Å². The summed E-state index contributed by atoms with van der Waals surface area (Å²) in [5, 5.41) is 23.6. The number of Topliss-reactive ketones (excluding diaryl/α,β-unsaturated/α-hetero) is 2. The first kappa shape index (κ1) is 82.4. The van der Waals surface area contributed by atoms with Crippen LogP contribution in [0.4, 0.5) is 9.59 Å². The topological polar surface area (TPSA) is 342 Å². The van der Waals surface area contributed by atoms with Gasteiger partial charge in [0.15, 0.2) is 19.7 Å². The molecule has 0 spiro atoms. The summed E-state index contributed by atoms with van der Waals surface area (Å²) in [6.45, 7) is 24.8. The summed E-state index contributed by atoms with van der Waals surface area (Å²) < 4.78 is 55.8. The summed E-state index contributed by atoms with van der Waals surface area (Å²) in [5.41, 5.74) is -4.35. The predicted octanol–water partition coefficient (Wildman–Crippen LogP) is 8.34. The van der Waals surface area contributed by atoms with Crippen LogP contribution in [0.5, 0.6) is 0 Å². The number of nitrogens with one attached hydrogen (secondary N) is 8. The van der Waals surface area contributed by atoms with E-state index in [9.17, 15) is 42.0 Å². The number of rotatable bonds is 32. The van der Waals surface area contributed by atoms with Crippen molar-refractivity contribution in [1.82, 2.24) is 52.3 Å². The van der Waals surface area contributed by atoms with Gasteiger partial charge < -0.3 is 52.3 Å². The van der Waals surface area contributed by atoms with E-state index in [1.54, 1.807) is 32.6 Å². The Morgan fingerprint density at radius 3 is 1.39 bits per heavy atom. The predicted molar refractivity (Wildman–Crippen MR) is 405 cm³/mol. The third-order valence-corrected chi connectivity index (χ3v) is 34.0. The number of carbonyl (C=O) groups excluding carboxylic acids is 10. The molecule has 26 heteroatoms. The summed E-state index contributed by atoms with van der Waals surface area (Å²) in [6.07, 6.45) is 24.6. The second kappa shape index (κ2) is 31.7. The van der Waals surface area contributed by atoms with E-state index in [1.165, 1.54) is 11.0 Å². The minimum Gasteiger partial charge on any atom is -0.346 e. The van der Waals surface area contributed by atoms with Crippen LogP contribution in [0.1, 0.15) is 262 Å². The fourth-order valence-corrected chi connectivity index (χ4v) is 23.9. The van der Waals surface area contributed by atoms with E-state index in [1.807, 2.05) is 34.6 Å². The Labute approximate surface area is 631 Å². The lowest BCUT2D eigenvalue weighted by molar-refractivity contribution is -0.146. The zero-order chi connectivity index (χ0) is 77.5. The summed E-state index contributed by atoms with van der Waals surface area (Å²) in [5.74, 6) is -4.59. The second-order valence-electron chi connectivity index (χ2n) is 37.2. The highest BCUT2D eigenvalue weighted by atomic mass is 32.2. The summed E-state index contributed by atoms with van der Waals surface area (Å²) >= 11 is 0. The minimum atomic E-state index is -4.07. The van der Waals surface area contributed by atoms with E-state index in [-0.39, 0.29) is 97.4 Å². The van der Waals surface area contributed by atoms with Crippen LogP contribution in [0, 0.1) is 69.5 Å². The van der Waals surface area contributed by atoms with Gasteiger partial charge in [-0.25, -0.2) is 26.4 Å². The molecule has 2 aliphatic heterocycles. The van der Waals surface area contributed by atoms with Gasteiger partial charge in [-0.2, -0.15) is 0 Å². The van der Waals surface area contributed by atoms with Crippen LogP contribution in [0.2, 0.25) is 0 Å². The van der Waals surface area contributed by atoms with E-state index in [4.69, 9.17) is 6.42 Å². The first-order valence-electron chi connectivity index (χ1n) is 40.2. The molecule has 0 aromatic carbocycles. The zero-order valence-electron chi connectivity index (χ0n) is 65.3. The number of terminal acetylenes is 1. The molecule has 8 aliphatic carbocycles. The molecule has 592 valence electrons. The van der Waals surface area contributed by atoms with Gasteiger partial charge in [0.1, 0.15) is 24.2 Å². The van der Waals surface area contributed by atoms with Gasteiger partial charge in [-0.1, -0.05) is 151 Å². The maximum absolute atomic E-state index is 15.5. The van der Waals surface area contributed by atoms with Crippen LogP contribution in [-0.2, 0) is 58.0 Å². The second-order valence-corrected chi connectivity index (χ2v) is 42.5. The van der Waals surface area contributed by atoms with Gasteiger partial charge in [-0.05, 0) is 168 Å². The third-order valence-electron chi connectivity index (χ3n) is 28.3. The minimum absolute atomic E-state index is 0.00879. The lowest BCUT2D eigenvalue weighted by Gasteiger charge is -2.44. The number of ketones is 2. The standard InChI is InChI=1S/C80H126N10O14S2/c1-14-17-33-54(61(91)67(95)81-42-15-2)82-65(93)59-57-52(75(57,8)9)46-89(59)69(97)63(77(12)34-22-18-23-35-77)86-72(100)88-80(40-28-21-29-41-80)49-106(103,104)74(6,7)45-51-44-55(51)83-68(96)62(92)56(43-50-31-30-32-50)84-66(94)60-58-53(76(58,10)11)47-90(60)70(98)64(78(13)36-24-19-25-37-78)85-71(99)87-79(38-26-20-27-39-79)48-105(101,102)73(4,5)16-3/h1,15,50-60,63-64H,2,16-49H2,3-13H3,(H,81,95)(H,82,93)(H,83,96)(H,84,94)(H2,85,87,99)(H2,86,88,100)/t51?,52?,53?,54?,55?,56?,57?,58?,59-,60-,63+,64+/m0/s1. The van der Waals surface area contributed by atoms with E-state index in [2.05, 4.69) is 68.9 Å². The van der Waals surface area contributed by atoms with Crippen LogP contribution in [-0.4, -0.2) is 180 Å². The smallest absolute Gasteiger partial charge is 0.315 e. The van der Waals surface area contributed by atoms with Crippen molar-refractivity contribution in [2.24, 2.45) is 57.2 Å². The lowest BCUT2D eigenvalue weighted by Crippen LogP contribution is -2.65. The highest BCUT2D eigenvalue weighted by Crippen LogP contribution is 2.66. The van der Waals surface area contributed by atoms with Gasteiger partial charge >= 0.3 is 12.1 Å². The molecule has 0 aromatic rings. The molecule has 106 heavy (non-hydrogen) atoms. The molecule has 12 atom stereocenters. The molecule has 0 bridgehead atoms.